The summed E-state index contributed by atoms with van der Waals surface area (Å²) in [6.07, 6.45) is 0. The van der Waals surface area contributed by atoms with Crippen LogP contribution < -0.4 is 10.8 Å². The van der Waals surface area contributed by atoms with E-state index in [1.54, 1.807) is 19.9 Å². The summed E-state index contributed by atoms with van der Waals surface area (Å²) < 4.78 is 11.5. The lowest BCUT2D eigenvalue weighted by Crippen LogP contribution is -2.52. The Bertz CT molecular complexity index is 1030. The van der Waals surface area contributed by atoms with Crippen LogP contribution in [0.15, 0.2) is 65.2 Å². The zero-order valence-electron chi connectivity index (χ0n) is 18.6. The second kappa shape index (κ2) is 8.97. The molecule has 2 aromatic carbocycles. The Kier molecular flexibility index (Phi) is 6.54. The molecule has 0 aliphatic carbocycles. The van der Waals surface area contributed by atoms with E-state index in [2.05, 4.69) is 16.5 Å². The first-order valence-electron chi connectivity index (χ1n) is 10.3. The quantitative estimate of drug-likeness (QED) is 0.528. The van der Waals surface area contributed by atoms with Crippen LogP contribution >= 0.6 is 0 Å². The van der Waals surface area contributed by atoms with Gasteiger partial charge >= 0.3 is 6.92 Å². The summed E-state index contributed by atoms with van der Waals surface area (Å²) in [5.41, 5.74) is 1.51. The van der Waals surface area contributed by atoms with Crippen LogP contribution in [0.25, 0.3) is 11.3 Å². The molecule has 0 aliphatic rings. The number of nitrogens with one attached hydrogen (secondary N) is 1. The fourth-order valence-corrected chi connectivity index (χ4v) is 3.01. The topological polar surface area (TPSA) is 91.3 Å². The number of hydrogen-bond donors (Lipinski definition) is 2. The Morgan fingerprint density at radius 3 is 2.32 bits per heavy atom. The fourth-order valence-electron chi connectivity index (χ4n) is 3.01. The molecule has 0 radical (unpaired) electrons. The predicted molar refractivity (Wildman–Crippen MR) is 123 cm³/mol. The molecule has 3 aromatic rings. The third-order valence-corrected chi connectivity index (χ3v) is 5.65. The van der Waals surface area contributed by atoms with E-state index in [1.165, 1.54) is 0 Å². The molecule has 0 aliphatic heterocycles. The minimum atomic E-state index is -0.973. The van der Waals surface area contributed by atoms with Crippen molar-refractivity contribution in [2.24, 2.45) is 0 Å². The molecular formula is C24H28BN3O3. The Hall–Kier alpha value is -3.08. The van der Waals surface area contributed by atoms with Gasteiger partial charge in [0.05, 0.1) is 17.3 Å². The number of anilines is 1. The standard InChI is InChI=1S/C24H28BN3O3/c1-23(2,29)24(3,4)31-25(5)18-11-13-19(14-12-18)27-21(16-26)20-15-22(30-28-20)17-9-7-6-8-10-17/h6-15,21,27,29H,1-5H3. The Morgan fingerprint density at radius 2 is 1.74 bits per heavy atom. The van der Waals surface area contributed by atoms with Crippen molar-refractivity contribution in [2.45, 2.75) is 51.8 Å². The van der Waals surface area contributed by atoms with E-state index in [1.807, 2.05) is 75.3 Å². The van der Waals surface area contributed by atoms with E-state index >= 15 is 0 Å². The normalized spacial score (nSPS) is 12.8. The highest BCUT2D eigenvalue weighted by Crippen LogP contribution is 2.27. The smallest absolute Gasteiger partial charge is 0.324 e. The molecule has 1 unspecified atom stereocenters. The van der Waals surface area contributed by atoms with Gasteiger partial charge in [-0.15, -0.1) is 0 Å². The third-order valence-electron chi connectivity index (χ3n) is 5.65. The number of aliphatic hydroxyl groups is 1. The number of rotatable bonds is 8. The maximum Gasteiger partial charge on any atom is 0.324 e. The van der Waals surface area contributed by atoms with Crippen molar-refractivity contribution < 1.29 is 14.3 Å². The van der Waals surface area contributed by atoms with Crippen molar-refractivity contribution in [1.82, 2.24) is 5.16 Å². The van der Waals surface area contributed by atoms with Crippen LogP contribution in [0.5, 0.6) is 0 Å². The van der Waals surface area contributed by atoms with Gasteiger partial charge in [0.15, 0.2) is 11.8 Å². The van der Waals surface area contributed by atoms with Gasteiger partial charge in [0.2, 0.25) is 0 Å². The lowest BCUT2D eigenvalue weighted by molar-refractivity contribution is -0.0918. The lowest BCUT2D eigenvalue weighted by atomic mass is 9.62. The predicted octanol–water partition coefficient (Wildman–Crippen LogP) is 4.41. The zero-order chi connectivity index (χ0) is 22.6. The third kappa shape index (κ3) is 5.35. The molecule has 31 heavy (non-hydrogen) atoms. The van der Waals surface area contributed by atoms with Crippen LogP contribution in [0.4, 0.5) is 5.69 Å². The molecule has 1 atom stereocenters. The van der Waals surface area contributed by atoms with Gasteiger partial charge in [-0.3, -0.25) is 0 Å². The van der Waals surface area contributed by atoms with E-state index in [0.717, 1.165) is 16.7 Å². The molecule has 0 bridgehead atoms. The summed E-state index contributed by atoms with van der Waals surface area (Å²) in [4.78, 5) is 0. The molecule has 1 heterocycles. The highest BCUT2D eigenvalue weighted by Gasteiger charge is 2.38. The van der Waals surface area contributed by atoms with Crippen LogP contribution in [0.3, 0.4) is 0 Å². The molecule has 0 fully saturated rings. The first-order valence-corrected chi connectivity index (χ1v) is 10.3. The van der Waals surface area contributed by atoms with Crippen LogP contribution in [-0.2, 0) is 4.65 Å². The summed E-state index contributed by atoms with van der Waals surface area (Å²) in [6.45, 7) is 8.97. The molecule has 160 valence electrons. The van der Waals surface area contributed by atoms with Crippen molar-refractivity contribution >= 4 is 18.1 Å². The molecule has 0 spiro atoms. The van der Waals surface area contributed by atoms with Crippen LogP contribution in [0.1, 0.15) is 39.4 Å². The summed E-state index contributed by atoms with van der Waals surface area (Å²) >= 11 is 0. The van der Waals surface area contributed by atoms with Crippen LogP contribution in [0, 0.1) is 11.3 Å². The van der Waals surface area contributed by atoms with E-state index in [9.17, 15) is 10.4 Å². The van der Waals surface area contributed by atoms with Crippen LogP contribution in [-0.4, -0.2) is 28.4 Å². The largest absolute Gasteiger partial charge is 0.423 e. The Balaban J connectivity index is 1.69. The molecule has 0 saturated heterocycles. The molecule has 7 heteroatoms. The molecule has 0 saturated carbocycles. The van der Waals surface area contributed by atoms with Gasteiger partial charge in [-0.25, -0.2) is 0 Å². The number of benzene rings is 2. The minimum absolute atomic E-state index is 0.203. The van der Waals surface area contributed by atoms with Crippen molar-refractivity contribution in [3.63, 3.8) is 0 Å². The van der Waals surface area contributed by atoms with E-state index in [0.29, 0.717) is 11.5 Å². The average Bonchev–Trinajstić information content (AvgIpc) is 3.22. The van der Waals surface area contributed by atoms with Gasteiger partial charge in [-0.05, 0) is 45.3 Å². The number of aromatic nitrogens is 1. The summed E-state index contributed by atoms with van der Waals surface area (Å²) in [6, 6.07) is 20.7. The van der Waals surface area contributed by atoms with Gasteiger partial charge in [-0.1, -0.05) is 54.4 Å². The zero-order valence-corrected chi connectivity index (χ0v) is 18.6. The number of nitriles is 1. The number of hydrogen-bond acceptors (Lipinski definition) is 6. The highest BCUT2D eigenvalue weighted by molar-refractivity contribution is 6.66. The summed E-state index contributed by atoms with van der Waals surface area (Å²) in [7, 11) is 0. The van der Waals surface area contributed by atoms with E-state index in [-0.39, 0.29) is 6.92 Å². The lowest BCUT2D eigenvalue weighted by Gasteiger charge is -2.39. The summed E-state index contributed by atoms with van der Waals surface area (Å²) in [5, 5.41) is 27.2. The van der Waals surface area contributed by atoms with E-state index in [4.69, 9.17) is 9.18 Å². The van der Waals surface area contributed by atoms with Crippen molar-refractivity contribution in [3.8, 4) is 17.4 Å². The molecular weight excluding hydrogens is 389 g/mol. The second-order valence-corrected chi connectivity index (χ2v) is 8.64. The molecule has 1 aromatic heterocycles. The monoisotopic (exact) mass is 417 g/mol. The highest BCUT2D eigenvalue weighted by atomic mass is 16.5. The average molecular weight is 417 g/mol. The van der Waals surface area contributed by atoms with Gasteiger partial charge in [0.25, 0.3) is 0 Å². The number of nitrogens with zero attached hydrogens (tertiary/aromatic N) is 2. The van der Waals surface area contributed by atoms with Gasteiger partial charge in [-0.2, -0.15) is 5.26 Å². The summed E-state index contributed by atoms with van der Waals surface area (Å²) in [5.74, 6) is 0.619. The van der Waals surface area contributed by atoms with Crippen molar-refractivity contribution in [1.29, 1.82) is 5.26 Å². The SMILES string of the molecule is CB(OC(C)(C)C(C)(C)O)c1ccc(NC(C#N)c2cc(-c3ccccc3)on2)cc1. The Morgan fingerprint density at radius 1 is 1.10 bits per heavy atom. The van der Waals surface area contributed by atoms with Gasteiger partial charge < -0.3 is 19.6 Å². The molecule has 3 rings (SSSR count). The van der Waals surface area contributed by atoms with Gasteiger partial charge in [0.1, 0.15) is 5.69 Å². The Labute approximate surface area is 184 Å². The van der Waals surface area contributed by atoms with Crippen LogP contribution in [0.2, 0.25) is 6.82 Å². The molecule has 0 amide bonds. The maximum absolute atomic E-state index is 10.3. The molecule has 2 N–H and O–H groups in total. The first-order chi connectivity index (χ1) is 14.6. The van der Waals surface area contributed by atoms with Crippen molar-refractivity contribution in [2.75, 3.05) is 5.32 Å². The minimum Gasteiger partial charge on any atom is -0.423 e. The van der Waals surface area contributed by atoms with Gasteiger partial charge in [0, 0.05) is 17.3 Å². The molecule has 6 nitrogen and oxygen atoms in total. The van der Waals surface area contributed by atoms with E-state index < -0.39 is 17.2 Å². The second-order valence-electron chi connectivity index (χ2n) is 8.64. The van der Waals surface area contributed by atoms with Crippen molar-refractivity contribution in [3.05, 3.63) is 66.4 Å². The maximum atomic E-state index is 10.3. The first kappa shape index (κ1) is 22.6. The fraction of sp³-hybridized carbons (Fsp3) is 0.333.